The third-order valence-corrected chi connectivity index (χ3v) is 4.79. The number of carbonyl (C=O) groups is 1. The van der Waals surface area contributed by atoms with Gasteiger partial charge < -0.3 is 10.4 Å². The summed E-state index contributed by atoms with van der Waals surface area (Å²) in [4.78, 5) is 21.3. The molecule has 3 rings (SSSR count). The minimum absolute atomic E-state index is 0.0289. The van der Waals surface area contributed by atoms with Crippen LogP contribution in [0.3, 0.4) is 0 Å². The molecular weight excluding hydrogens is 434 g/mol. The molecule has 154 valence electrons. The molecule has 0 spiro atoms. The first-order chi connectivity index (χ1) is 13.7. The summed E-state index contributed by atoms with van der Waals surface area (Å²) < 4.78 is 1.69. The highest BCUT2D eigenvalue weighted by atomic mass is 79.9. The number of aliphatic imine (C=N–C) groups is 1. The molecule has 2 aromatic rings. The van der Waals surface area contributed by atoms with E-state index in [1.54, 1.807) is 24.7 Å². The molecule has 8 heteroatoms. The number of rotatable bonds is 7. The minimum Gasteiger partial charge on any atom is -0.389 e. The molecule has 0 radical (unpaired) electrons. The van der Waals surface area contributed by atoms with Crippen LogP contribution in [0.4, 0.5) is 0 Å². The number of aryl methyl sites for hydroxylation is 1. The van der Waals surface area contributed by atoms with Crippen LogP contribution in [0, 0.1) is 6.92 Å². The standard InChI is InChI=1S/C21H26BrN5O2/c1-13-9-15(5-8-17(13)20(28)26-16-6-7-16)18-10-23-19(27(18)25-12-22)14(2)24-11-21(3,4)29/h5,8-10,12,16,29H,6-7,11H2,1-4H3,(H,26,28). The number of nitrogens with zero attached hydrogens (tertiary/aromatic N) is 4. The Morgan fingerprint density at radius 3 is 2.76 bits per heavy atom. The number of halogens is 1. The SMILES string of the molecule is CC(=NCC(C)(C)O)c1ncc(-c2ccc(C(=O)NC3CC3)c(C)c2)n1N=CBr. The van der Waals surface area contributed by atoms with Crippen LogP contribution in [-0.2, 0) is 0 Å². The molecule has 1 heterocycles. The van der Waals surface area contributed by atoms with Gasteiger partial charge in [-0.05, 0) is 74.2 Å². The Balaban J connectivity index is 1.93. The molecule has 0 unspecified atom stereocenters. The van der Waals surface area contributed by atoms with E-state index in [0.717, 1.165) is 29.7 Å². The molecule has 29 heavy (non-hydrogen) atoms. The molecule has 1 aromatic carbocycles. The predicted octanol–water partition coefficient (Wildman–Crippen LogP) is 3.52. The number of imidazole rings is 1. The van der Waals surface area contributed by atoms with Crippen LogP contribution in [0.5, 0.6) is 0 Å². The van der Waals surface area contributed by atoms with Gasteiger partial charge in [-0.15, -0.1) is 0 Å². The number of nitrogens with one attached hydrogen (secondary N) is 1. The van der Waals surface area contributed by atoms with Crippen molar-refractivity contribution in [3.05, 3.63) is 41.3 Å². The second-order valence-corrected chi connectivity index (χ2v) is 8.39. The number of benzene rings is 1. The Morgan fingerprint density at radius 1 is 1.45 bits per heavy atom. The van der Waals surface area contributed by atoms with Crippen molar-refractivity contribution in [2.24, 2.45) is 10.1 Å². The fourth-order valence-electron chi connectivity index (χ4n) is 2.90. The molecule has 1 aliphatic carbocycles. The molecular formula is C21H26BrN5O2. The smallest absolute Gasteiger partial charge is 0.251 e. The van der Waals surface area contributed by atoms with E-state index >= 15 is 0 Å². The van der Waals surface area contributed by atoms with E-state index in [2.05, 4.69) is 36.3 Å². The first-order valence-electron chi connectivity index (χ1n) is 9.56. The van der Waals surface area contributed by atoms with Crippen molar-refractivity contribution in [3.63, 3.8) is 0 Å². The molecule has 1 saturated carbocycles. The van der Waals surface area contributed by atoms with Crippen molar-refractivity contribution in [1.29, 1.82) is 0 Å². The monoisotopic (exact) mass is 459 g/mol. The van der Waals surface area contributed by atoms with Gasteiger partial charge in [-0.3, -0.25) is 9.79 Å². The highest BCUT2D eigenvalue weighted by Gasteiger charge is 2.24. The summed E-state index contributed by atoms with van der Waals surface area (Å²) >= 11 is 3.23. The number of aromatic nitrogens is 2. The average Bonchev–Trinajstić information content (AvgIpc) is 3.36. The van der Waals surface area contributed by atoms with Gasteiger partial charge in [-0.1, -0.05) is 6.07 Å². The summed E-state index contributed by atoms with van der Waals surface area (Å²) in [7, 11) is 0. The zero-order chi connectivity index (χ0) is 21.2. The lowest BCUT2D eigenvalue weighted by molar-refractivity contribution is 0.0903. The first kappa shape index (κ1) is 21.4. The molecule has 0 aliphatic heterocycles. The Kier molecular flexibility index (Phi) is 6.33. The molecule has 0 bridgehead atoms. The van der Waals surface area contributed by atoms with Gasteiger partial charge in [0.15, 0.2) is 5.82 Å². The summed E-state index contributed by atoms with van der Waals surface area (Å²) in [6, 6.07) is 6.03. The van der Waals surface area contributed by atoms with E-state index in [9.17, 15) is 9.90 Å². The fourth-order valence-corrected chi connectivity index (χ4v) is 3.08. The largest absolute Gasteiger partial charge is 0.389 e. The number of hydrogen-bond acceptors (Lipinski definition) is 5. The molecule has 7 nitrogen and oxygen atoms in total. The van der Waals surface area contributed by atoms with Crippen LogP contribution in [0.2, 0.25) is 0 Å². The van der Waals surface area contributed by atoms with Gasteiger partial charge in [0, 0.05) is 17.2 Å². The van der Waals surface area contributed by atoms with Crippen molar-refractivity contribution in [2.75, 3.05) is 6.54 Å². The number of amides is 1. The summed E-state index contributed by atoms with van der Waals surface area (Å²) in [6.07, 6.45) is 3.85. The Labute approximate surface area is 179 Å². The van der Waals surface area contributed by atoms with Gasteiger partial charge in [0.25, 0.3) is 5.91 Å². The maximum atomic E-state index is 12.4. The number of hydrogen-bond donors (Lipinski definition) is 2. The van der Waals surface area contributed by atoms with Gasteiger partial charge in [-0.25, -0.2) is 9.66 Å². The van der Waals surface area contributed by atoms with E-state index in [0.29, 0.717) is 23.1 Å². The van der Waals surface area contributed by atoms with Crippen LogP contribution in [-0.4, -0.2) is 49.7 Å². The topological polar surface area (TPSA) is 91.9 Å². The zero-order valence-corrected chi connectivity index (χ0v) is 18.7. The van der Waals surface area contributed by atoms with Crippen LogP contribution in [0.1, 0.15) is 55.4 Å². The Hall–Kier alpha value is -2.32. The van der Waals surface area contributed by atoms with Crippen molar-refractivity contribution in [3.8, 4) is 11.3 Å². The van der Waals surface area contributed by atoms with Gasteiger partial charge in [0.2, 0.25) is 0 Å². The molecule has 0 atom stereocenters. The lowest BCUT2D eigenvalue weighted by atomic mass is 10.0. The van der Waals surface area contributed by atoms with E-state index < -0.39 is 5.60 Å². The van der Waals surface area contributed by atoms with E-state index in [-0.39, 0.29) is 12.5 Å². The Morgan fingerprint density at radius 2 is 2.17 bits per heavy atom. The first-order valence-corrected chi connectivity index (χ1v) is 10.5. The highest BCUT2D eigenvalue weighted by molar-refractivity contribution is 9.17. The van der Waals surface area contributed by atoms with Crippen LogP contribution in [0.25, 0.3) is 11.3 Å². The summed E-state index contributed by atoms with van der Waals surface area (Å²) in [5.41, 5.74) is 3.04. The third kappa shape index (κ3) is 5.39. The third-order valence-electron chi connectivity index (χ3n) is 4.60. The van der Waals surface area contributed by atoms with Crippen molar-refractivity contribution in [2.45, 2.75) is 52.2 Å². The van der Waals surface area contributed by atoms with E-state index in [4.69, 9.17) is 0 Å². The molecule has 2 N–H and O–H groups in total. The molecule has 1 fully saturated rings. The lowest BCUT2D eigenvalue weighted by Crippen LogP contribution is -2.26. The van der Waals surface area contributed by atoms with E-state index in [1.165, 1.54) is 5.12 Å². The van der Waals surface area contributed by atoms with Gasteiger partial charge >= 0.3 is 0 Å². The second-order valence-electron chi connectivity index (χ2n) is 7.98. The highest BCUT2D eigenvalue weighted by Crippen LogP contribution is 2.25. The molecule has 0 saturated heterocycles. The van der Waals surface area contributed by atoms with Crippen molar-refractivity contribution >= 4 is 32.7 Å². The maximum absolute atomic E-state index is 12.4. The molecule has 1 aromatic heterocycles. The summed E-state index contributed by atoms with van der Waals surface area (Å²) in [5.74, 6) is 0.562. The van der Waals surface area contributed by atoms with E-state index in [1.807, 2.05) is 32.0 Å². The predicted molar refractivity (Wildman–Crippen MR) is 119 cm³/mol. The fraction of sp³-hybridized carbons (Fsp3) is 0.429. The summed E-state index contributed by atoms with van der Waals surface area (Å²) in [6.45, 7) is 7.46. The lowest BCUT2D eigenvalue weighted by Gasteiger charge is -2.14. The second kappa shape index (κ2) is 8.59. The summed E-state index contributed by atoms with van der Waals surface area (Å²) in [5, 5.41) is 18.8. The van der Waals surface area contributed by atoms with Gasteiger partial charge in [-0.2, -0.15) is 5.10 Å². The normalized spacial score (nSPS) is 15.2. The van der Waals surface area contributed by atoms with Gasteiger partial charge in [0.1, 0.15) is 0 Å². The van der Waals surface area contributed by atoms with Crippen molar-refractivity contribution < 1.29 is 9.90 Å². The molecule has 1 aliphatic rings. The number of carbonyl (C=O) groups excluding carboxylic acids is 1. The quantitative estimate of drug-likeness (QED) is 0.620. The minimum atomic E-state index is -0.895. The Bertz CT molecular complexity index is 968. The van der Waals surface area contributed by atoms with Crippen LogP contribution in [0.15, 0.2) is 34.5 Å². The average molecular weight is 460 g/mol. The maximum Gasteiger partial charge on any atom is 0.251 e. The molecule has 1 amide bonds. The zero-order valence-electron chi connectivity index (χ0n) is 17.1. The number of aliphatic hydroxyl groups is 1. The van der Waals surface area contributed by atoms with Crippen LogP contribution >= 0.6 is 15.9 Å². The van der Waals surface area contributed by atoms with Crippen LogP contribution < -0.4 is 5.32 Å². The van der Waals surface area contributed by atoms with Crippen molar-refractivity contribution in [1.82, 2.24) is 15.0 Å². The van der Waals surface area contributed by atoms with Gasteiger partial charge in [0.05, 0.1) is 34.9 Å².